The van der Waals surface area contributed by atoms with Gasteiger partial charge < -0.3 is 16.8 Å². The highest BCUT2D eigenvalue weighted by molar-refractivity contribution is 6.33. The molecule has 0 fully saturated rings. The summed E-state index contributed by atoms with van der Waals surface area (Å²) in [6.45, 7) is 5.94. The van der Waals surface area contributed by atoms with E-state index in [4.69, 9.17) is 23.1 Å². The first kappa shape index (κ1) is 11.7. The average molecular weight is 230 g/mol. The molecule has 0 aromatic heterocycles. The van der Waals surface area contributed by atoms with Crippen LogP contribution in [0.5, 0.6) is 0 Å². The lowest BCUT2D eigenvalue weighted by Crippen LogP contribution is -2.08. The minimum atomic E-state index is -0.629. The number of nitrogens with one attached hydrogen (secondary N) is 1. The quantitative estimate of drug-likeness (QED) is 0.552. The Balaban J connectivity index is 3.07. The SMILES string of the molecule is C=C(C)CNc1c(N)cc(N)c(Cl)c1F. The summed E-state index contributed by atoms with van der Waals surface area (Å²) in [5, 5.41) is 2.69. The highest BCUT2D eigenvalue weighted by Crippen LogP contribution is 2.33. The Kier molecular flexibility index (Phi) is 3.42. The first-order valence-electron chi connectivity index (χ1n) is 4.34. The maximum absolute atomic E-state index is 13.6. The molecule has 0 atom stereocenters. The minimum absolute atomic E-state index is 0.117. The summed E-state index contributed by atoms with van der Waals surface area (Å²) < 4.78 is 13.6. The molecule has 0 saturated heterocycles. The lowest BCUT2D eigenvalue weighted by atomic mass is 10.2. The summed E-state index contributed by atoms with van der Waals surface area (Å²) in [6.07, 6.45) is 0. The largest absolute Gasteiger partial charge is 0.397 e. The van der Waals surface area contributed by atoms with Crippen molar-refractivity contribution >= 4 is 28.7 Å². The molecule has 82 valence electrons. The van der Waals surface area contributed by atoms with Crippen molar-refractivity contribution in [2.75, 3.05) is 23.3 Å². The third-order valence-electron chi connectivity index (χ3n) is 1.83. The van der Waals surface area contributed by atoms with Gasteiger partial charge >= 0.3 is 0 Å². The number of hydrogen-bond donors (Lipinski definition) is 3. The smallest absolute Gasteiger partial charge is 0.169 e. The fourth-order valence-corrected chi connectivity index (χ4v) is 1.23. The fraction of sp³-hybridized carbons (Fsp3) is 0.200. The second-order valence-electron chi connectivity index (χ2n) is 3.37. The molecule has 1 rings (SSSR count). The standard InChI is InChI=1S/C10H13ClFN3/c1-5(2)4-15-10-7(14)3-6(13)8(11)9(10)12/h3,15H,1,4,13-14H2,2H3. The van der Waals surface area contributed by atoms with Crippen molar-refractivity contribution in [3.05, 3.63) is 29.1 Å². The number of anilines is 3. The molecular weight excluding hydrogens is 217 g/mol. The second-order valence-corrected chi connectivity index (χ2v) is 3.75. The van der Waals surface area contributed by atoms with Crippen LogP contribution in [-0.2, 0) is 0 Å². The molecule has 0 spiro atoms. The maximum Gasteiger partial charge on any atom is 0.169 e. The van der Waals surface area contributed by atoms with Gasteiger partial charge in [-0.1, -0.05) is 23.8 Å². The van der Waals surface area contributed by atoms with Gasteiger partial charge in [0.2, 0.25) is 0 Å². The first-order chi connectivity index (χ1) is 6.93. The van der Waals surface area contributed by atoms with Crippen molar-refractivity contribution < 1.29 is 4.39 Å². The first-order valence-corrected chi connectivity index (χ1v) is 4.72. The summed E-state index contributed by atoms with van der Waals surface area (Å²) >= 11 is 5.65. The van der Waals surface area contributed by atoms with Gasteiger partial charge in [-0.3, -0.25) is 0 Å². The summed E-state index contributed by atoms with van der Waals surface area (Å²) in [5.41, 5.74) is 12.4. The molecule has 0 amide bonds. The van der Waals surface area contributed by atoms with E-state index in [1.54, 1.807) is 0 Å². The van der Waals surface area contributed by atoms with Gasteiger partial charge in [0, 0.05) is 6.54 Å². The van der Waals surface area contributed by atoms with E-state index in [1.165, 1.54) is 6.07 Å². The van der Waals surface area contributed by atoms with Crippen LogP contribution in [0.1, 0.15) is 6.92 Å². The molecule has 0 aliphatic carbocycles. The lowest BCUT2D eigenvalue weighted by Gasteiger charge is -2.12. The molecule has 0 saturated carbocycles. The molecule has 0 bridgehead atoms. The van der Waals surface area contributed by atoms with Crippen LogP contribution >= 0.6 is 11.6 Å². The molecule has 0 unspecified atom stereocenters. The van der Waals surface area contributed by atoms with Gasteiger partial charge in [0.05, 0.1) is 17.1 Å². The summed E-state index contributed by atoms with van der Waals surface area (Å²) in [7, 11) is 0. The summed E-state index contributed by atoms with van der Waals surface area (Å²) in [5.74, 6) is -0.629. The van der Waals surface area contributed by atoms with Crippen LogP contribution in [0.3, 0.4) is 0 Å². The fourth-order valence-electron chi connectivity index (χ4n) is 1.09. The van der Waals surface area contributed by atoms with Gasteiger partial charge in [-0.2, -0.15) is 0 Å². The van der Waals surface area contributed by atoms with Gasteiger partial charge in [-0.25, -0.2) is 4.39 Å². The Labute approximate surface area is 92.9 Å². The van der Waals surface area contributed by atoms with Crippen molar-refractivity contribution in [3.8, 4) is 0 Å². The molecule has 1 aromatic rings. The van der Waals surface area contributed by atoms with Gasteiger partial charge in [0.15, 0.2) is 5.82 Å². The van der Waals surface area contributed by atoms with E-state index in [-0.39, 0.29) is 22.1 Å². The van der Waals surface area contributed by atoms with E-state index in [0.29, 0.717) is 6.54 Å². The van der Waals surface area contributed by atoms with E-state index >= 15 is 0 Å². The molecule has 15 heavy (non-hydrogen) atoms. The third-order valence-corrected chi connectivity index (χ3v) is 2.22. The number of benzene rings is 1. The Morgan fingerprint density at radius 2 is 2.13 bits per heavy atom. The Morgan fingerprint density at radius 1 is 1.53 bits per heavy atom. The van der Waals surface area contributed by atoms with Crippen LogP contribution in [0, 0.1) is 5.82 Å². The zero-order valence-corrected chi connectivity index (χ0v) is 9.16. The number of hydrogen-bond acceptors (Lipinski definition) is 3. The maximum atomic E-state index is 13.6. The number of rotatable bonds is 3. The minimum Gasteiger partial charge on any atom is -0.397 e. The third kappa shape index (κ3) is 2.53. The highest BCUT2D eigenvalue weighted by atomic mass is 35.5. The average Bonchev–Trinajstić information content (AvgIpc) is 2.14. The van der Waals surface area contributed by atoms with Gasteiger partial charge in [0.25, 0.3) is 0 Å². The summed E-state index contributed by atoms with van der Waals surface area (Å²) in [4.78, 5) is 0. The second kappa shape index (κ2) is 4.40. The van der Waals surface area contributed by atoms with Gasteiger partial charge in [-0.15, -0.1) is 0 Å². The zero-order valence-electron chi connectivity index (χ0n) is 8.40. The Bertz CT molecular complexity index is 404. The topological polar surface area (TPSA) is 64.1 Å². The van der Waals surface area contributed by atoms with Crippen molar-refractivity contribution in [1.82, 2.24) is 0 Å². The van der Waals surface area contributed by atoms with Crippen LogP contribution in [-0.4, -0.2) is 6.54 Å². The van der Waals surface area contributed by atoms with E-state index < -0.39 is 5.82 Å². The monoisotopic (exact) mass is 229 g/mol. The molecule has 0 aliphatic heterocycles. The van der Waals surface area contributed by atoms with E-state index in [0.717, 1.165) is 5.57 Å². The molecule has 0 radical (unpaired) electrons. The van der Waals surface area contributed by atoms with E-state index in [2.05, 4.69) is 11.9 Å². The molecule has 5 heteroatoms. The number of nitrogens with two attached hydrogens (primary N) is 2. The van der Waals surface area contributed by atoms with Crippen LogP contribution in [0.4, 0.5) is 21.5 Å². The highest BCUT2D eigenvalue weighted by Gasteiger charge is 2.13. The molecule has 5 N–H and O–H groups in total. The van der Waals surface area contributed by atoms with E-state index in [1.807, 2.05) is 6.92 Å². The molecule has 1 aromatic carbocycles. The van der Waals surface area contributed by atoms with Crippen LogP contribution in [0.25, 0.3) is 0 Å². The Hall–Kier alpha value is -1.42. The van der Waals surface area contributed by atoms with Crippen molar-refractivity contribution in [2.24, 2.45) is 0 Å². The number of nitrogen functional groups attached to an aromatic ring is 2. The predicted molar refractivity (Wildman–Crippen MR) is 63.5 cm³/mol. The normalized spacial score (nSPS) is 10.1. The van der Waals surface area contributed by atoms with E-state index in [9.17, 15) is 4.39 Å². The van der Waals surface area contributed by atoms with Crippen LogP contribution in [0.2, 0.25) is 5.02 Å². The van der Waals surface area contributed by atoms with Crippen LogP contribution in [0.15, 0.2) is 18.2 Å². The number of halogens is 2. The molecule has 0 heterocycles. The van der Waals surface area contributed by atoms with Crippen molar-refractivity contribution in [2.45, 2.75) is 6.92 Å². The molecular formula is C10H13ClFN3. The van der Waals surface area contributed by atoms with Gasteiger partial charge in [-0.05, 0) is 13.0 Å². The molecule has 3 nitrogen and oxygen atoms in total. The van der Waals surface area contributed by atoms with Crippen molar-refractivity contribution in [1.29, 1.82) is 0 Å². The zero-order chi connectivity index (χ0) is 11.6. The van der Waals surface area contributed by atoms with Gasteiger partial charge in [0.1, 0.15) is 5.02 Å². The molecule has 0 aliphatic rings. The Morgan fingerprint density at radius 3 is 2.67 bits per heavy atom. The van der Waals surface area contributed by atoms with Crippen LogP contribution < -0.4 is 16.8 Å². The predicted octanol–water partition coefficient (Wildman–Crippen LogP) is 2.63. The summed E-state index contributed by atoms with van der Waals surface area (Å²) in [6, 6.07) is 1.42. The van der Waals surface area contributed by atoms with Crippen molar-refractivity contribution in [3.63, 3.8) is 0 Å². The lowest BCUT2D eigenvalue weighted by molar-refractivity contribution is 0.632.